The highest BCUT2D eigenvalue weighted by molar-refractivity contribution is 5.74. The minimum atomic E-state index is -0.688. The van der Waals surface area contributed by atoms with Gasteiger partial charge in [0.2, 0.25) is 0 Å². The molecule has 0 atom stereocenters. The van der Waals surface area contributed by atoms with Crippen LogP contribution in [0.1, 0.15) is 52.9 Å². The molecule has 0 saturated heterocycles. The van der Waals surface area contributed by atoms with Crippen molar-refractivity contribution in [2.24, 2.45) is 5.41 Å². The van der Waals surface area contributed by atoms with Crippen molar-refractivity contribution in [3.8, 4) is 0 Å². The number of carboxylic acid groups (broad SMARTS) is 1. The zero-order valence-corrected chi connectivity index (χ0v) is 10.0. The van der Waals surface area contributed by atoms with Gasteiger partial charge in [-0.25, -0.2) is 0 Å². The lowest BCUT2D eigenvalue weighted by atomic mass is 9.74. The van der Waals surface area contributed by atoms with E-state index < -0.39 is 11.4 Å². The Labute approximate surface area is 91.8 Å². The molecular weight excluding hydrogens is 192 g/mol. The summed E-state index contributed by atoms with van der Waals surface area (Å²) >= 11 is 0. The van der Waals surface area contributed by atoms with Crippen LogP contribution < -0.4 is 0 Å². The normalized spacial score (nSPS) is 21.3. The van der Waals surface area contributed by atoms with Gasteiger partial charge >= 0.3 is 5.97 Å². The SMILES string of the molecule is CC(C)(C)OCC1(C(=O)O)CCCCC1. The molecule has 0 heterocycles. The summed E-state index contributed by atoms with van der Waals surface area (Å²) in [5, 5.41) is 9.31. The van der Waals surface area contributed by atoms with Crippen LogP contribution >= 0.6 is 0 Å². The summed E-state index contributed by atoms with van der Waals surface area (Å²) in [5.41, 5.74) is -0.870. The van der Waals surface area contributed by atoms with E-state index in [-0.39, 0.29) is 5.60 Å². The molecule has 1 aliphatic rings. The number of carbonyl (C=O) groups is 1. The first-order valence-corrected chi connectivity index (χ1v) is 5.73. The summed E-state index contributed by atoms with van der Waals surface area (Å²) in [5.74, 6) is -0.688. The van der Waals surface area contributed by atoms with Crippen molar-refractivity contribution in [3.63, 3.8) is 0 Å². The van der Waals surface area contributed by atoms with Crippen LogP contribution in [0, 0.1) is 5.41 Å². The second kappa shape index (κ2) is 4.52. The first-order chi connectivity index (χ1) is 6.86. The molecule has 0 aromatic carbocycles. The maximum Gasteiger partial charge on any atom is 0.311 e. The van der Waals surface area contributed by atoms with Crippen molar-refractivity contribution in [2.75, 3.05) is 6.61 Å². The van der Waals surface area contributed by atoms with Crippen LogP contribution in [0.4, 0.5) is 0 Å². The van der Waals surface area contributed by atoms with E-state index in [0.29, 0.717) is 6.61 Å². The fourth-order valence-electron chi connectivity index (χ4n) is 2.00. The zero-order valence-electron chi connectivity index (χ0n) is 10.0. The number of carboxylic acids is 1. The largest absolute Gasteiger partial charge is 0.481 e. The highest BCUT2D eigenvalue weighted by Gasteiger charge is 2.40. The van der Waals surface area contributed by atoms with Crippen molar-refractivity contribution in [3.05, 3.63) is 0 Å². The van der Waals surface area contributed by atoms with Crippen LogP contribution in [0.5, 0.6) is 0 Å². The van der Waals surface area contributed by atoms with Crippen LogP contribution in [-0.4, -0.2) is 23.3 Å². The Morgan fingerprint density at radius 1 is 1.27 bits per heavy atom. The van der Waals surface area contributed by atoms with E-state index in [9.17, 15) is 9.90 Å². The van der Waals surface area contributed by atoms with Gasteiger partial charge in [-0.2, -0.15) is 0 Å². The van der Waals surface area contributed by atoms with Gasteiger partial charge < -0.3 is 9.84 Å². The standard InChI is InChI=1S/C12H22O3/c1-11(2,3)15-9-12(10(13)14)7-5-4-6-8-12/h4-9H2,1-3H3,(H,13,14). The van der Waals surface area contributed by atoms with Gasteiger partial charge in [0.1, 0.15) is 0 Å². The zero-order chi connectivity index (χ0) is 11.5. The molecule has 0 aliphatic heterocycles. The van der Waals surface area contributed by atoms with Crippen molar-refractivity contribution < 1.29 is 14.6 Å². The first-order valence-electron chi connectivity index (χ1n) is 5.73. The van der Waals surface area contributed by atoms with E-state index in [0.717, 1.165) is 32.1 Å². The lowest BCUT2D eigenvalue weighted by Gasteiger charge is -2.35. The summed E-state index contributed by atoms with van der Waals surface area (Å²) in [7, 11) is 0. The fourth-order valence-corrected chi connectivity index (χ4v) is 2.00. The van der Waals surface area contributed by atoms with Crippen LogP contribution in [0.15, 0.2) is 0 Å². The van der Waals surface area contributed by atoms with Gasteiger partial charge in [-0.15, -0.1) is 0 Å². The fraction of sp³-hybridized carbons (Fsp3) is 0.917. The molecular formula is C12H22O3. The molecule has 1 rings (SSSR count). The number of hydrogen-bond donors (Lipinski definition) is 1. The van der Waals surface area contributed by atoms with Crippen LogP contribution in [0.2, 0.25) is 0 Å². The van der Waals surface area contributed by atoms with E-state index in [2.05, 4.69) is 0 Å². The summed E-state index contributed by atoms with van der Waals surface area (Å²) in [6.45, 7) is 6.24. The van der Waals surface area contributed by atoms with Gasteiger partial charge in [-0.3, -0.25) is 4.79 Å². The minimum Gasteiger partial charge on any atom is -0.481 e. The molecule has 0 unspecified atom stereocenters. The molecule has 0 bridgehead atoms. The minimum absolute atomic E-state index is 0.250. The molecule has 1 aliphatic carbocycles. The Morgan fingerprint density at radius 2 is 1.80 bits per heavy atom. The summed E-state index contributed by atoms with van der Waals surface area (Å²) in [4.78, 5) is 11.3. The maximum atomic E-state index is 11.3. The monoisotopic (exact) mass is 214 g/mol. The van der Waals surface area contributed by atoms with Crippen LogP contribution in [0.3, 0.4) is 0 Å². The highest BCUT2D eigenvalue weighted by Crippen LogP contribution is 2.37. The lowest BCUT2D eigenvalue weighted by Crippen LogP contribution is -2.40. The average molecular weight is 214 g/mol. The highest BCUT2D eigenvalue weighted by atomic mass is 16.5. The number of hydrogen-bond acceptors (Lipinski definition) is 2. The van der Waals surface area contributed by atoms with Crippen LogP contribution in [-0.2, 0) is 9.53 Å². The molecule has 0 aromatic rings. The average Bonchev–Trinajstić information content (AvgIpc) is 2.15. The second-order valence-electron chi connectivity index (χ2n) is 5.55. The predicted octanol–water partition coefficient (Wildman–Crippen LogP) is 2.84. The molecule has 3 nitrogen and oxygen atoms in total. The summed E-state index contributed by atoms with van der Waals surface area (Å²) in [6, 6.07) is 0. The van der Waals surface area contributed by atoms with Crippen molar-refractivity contribution >= 4 is 5.97 Å². The van der Waals surface area contributed by atoms with Crippen molar-refractivity contribution in [1.82, 2.24) is 0 Å². The maximum absolute atomic E-state index is 11.3. The third-order valence-corrected chi connectivity index (χ3v) is 3.05. The predicted molar refractivity (Wildman–Crippen MR) is 58.9 cm³/mol. The summed E-state index contributed by atoms with van der Waals surface area (Å²) < 4.78 is 5.65. The Bertz CT molecular complexity index is 222. The van der Waals surface area contributed by atoms with E-state index in [1.54, 1.807) is 0 Å². The van der Waals surface area contributed by atoms with Gasteiger partial charge in [0.15, 0.2) is 0 Å². The molecule has 3 heteroatoms. The van der Waals surface area contributed by atoms with E-state index in [4.69, 9.17) is 4.74 Å². The quantitative estimate of drug-likeness (QED) is 0.785. The van der Waals surface area contributed by atoms with Gasteiger partial charge in [0.05, 0.1) is 17.6 Å². The smallest absolute Gasteiger partial charge is 0.311 e. The molecule has 1 N–H and O–H groups in total. The topological polar surface area (TPSA) is 46.5 Å². The number of ether oxygens (including phenoxy) is 1. The molecule has 0 radical (unpaired) electrons. The molecule has 0 spiro atoms. The number of rotatable bonds is 3. The third-order valence-electron chi connectivity index (χ3n) is 3.05. The molecule has 88 valence electrons. The second-order valence-corrected chi connectivity index (χ2v) is 5.55. The van der Waals surface area contributed by atoms with Crippen LogP contribution in [0.25, 0.3) is 0 Å². The van der Waals surface area contributed by atoms with Gasteiger partial charge in [-0.1, -0.05) is 19.3 Å². The first kappa shape index (κ1) is 12.5. The Hall–Kier alpha value is -0.570. The third kappa shape index (κ3) is 3.49. The van der Waals surface area contributed by atoms with Gasteiger partial charge in [-0.05, 0) is 33.6 Å². The summed E-state index contributed by atoms with van der Waals surface area (Å²) in [6.07, 6.45) is 4.71. The van der Waals surface area contributed by atoms with Gasteiger partial charge in [0, 0.05) is 0 Å². The molecule has 0 aromatic heterocycles. The Morgan fingerprint density at radius 3 is 2.20 bits per heavy atom. The molecule has 15 heavy (non-hydrogen) atoms. The van der Waals surface area contributed by atoms with E-state index in [1.165, 1.54) is 0 Å². The van der Waals surface area contributed by atoms with E-state index >= 15 is 0 Å². The lowest BCUT2D eigenvalue weighted by molar-refractivity contribution is -0.160. The molecule has 0 amide bonds. The van der Waals surface area contributed by atoms with Crippen molar-refractivity contribution in [1.29, 1.82) is 0 Å². The van der Waals surface area contributed by atoms with Gasteiger partial charge in [0.25, 0.3) is 0 Å². The Balaban J connectivity index is 2.61. The van der Waals surface area contributed by atoms with Crippen molar-refractivity contribution in [2.45, 2.75) is 58.5 Å². The molecule has 1 saturated carbocycles. The molecule has 1 fully saturated rings. The number of aliphatic carboxylic acids is 1. The van der Waals surface area contributed by atoms with E-state index in [1.807, 2.05) is 20.8 Å². The Kier molecular flexibility index (Phi) is 3.77.